The summed E-state index contributed by atoms with van der Waals surface area (Å²) in [6.07, 6.45) is 12.7. The Bertz CT molecular complexity index is 581. The summed E-state index contributed by atoms with van der Waals surface area (Å²) in [6, 6.07) is 19.2. The van der Waals surface area contributed by atoms with E-state index in [9.17, 15) is 0 Å². The Kier molecular flexibility index (Phi) is 18.4. The molecule has 0 radical (unpaired) electrons. The van der Waals surface area contributed by atoms with Gasteiger partial charge in [0.05, 0.1) is 0 Å². The Morgan fingerprint density at radius 2 is 1.23 bits per heavy atom. The van der Waals surface area contributed by atoms with Gasteiger partial charge in [0, 0.05) is 0 Å². The Morgan fingerprint density at radius 3 is 1.77 bits per heavy atom. The van der Waals surface area contributed by atoms with Gasteiger partial charge in [-0.2, -0.15) is 0 Å². The minimum absolute atomic E-state index is 1.01. The van der Waals surface area contributed by atoms with Crippen LogP contribution < -0.4 is 0 Å². The molecule has 2 unspecified atom stereocenters. The maximum Gasteiger partial charge on any atom is -0.0184 e. The largest absolute Gasteiger partial charge is 0.0683 e. The van der Waals surface area contributed by atoms with Gasteiger partial charge >= 0.3 is 0 Å². The summed E-state index contributed by atoms with van der Waals surface area (Å²) in [5.41, 5.74) is 3.97. The van der Waals surface area contributed by atoms with Crippen molar-refractivity contribution in [1.29, 1.82) is 0 Å². The number of rotatable bonds is 4. The van der Waals surface area contributed by atoms with Crippen LogP contribution in [-0.2, 0) is 6.42 Å². The van der Waals surface area contributed by atoms with Crippen molar-refractivity contribution in [3.8, 4) is 11.1 Å². The van der Waals surface area contributed by atoms with Crippen molar-refractivity contribution in [2.75, 3.05) is 0 Å². The van der Waals surface area contributed by atoms with E-state index in [1.807, 2.05) is 19.9 Å². The minimum Gasteiger partial charge on any atom is -0.0683 e. The molecule has 0 nitrogen and oxygen atoms in total. The lowest BCUT2D eigenvalue weighted by Crippen LogP contribution is -2.09. The molecule has 1 aliphatic rings. The molecular weight excluding hydrogens is 360 g/mol. The van der Waals surface area contributed by atoms with Crippen molar-refractivity contribution in [2.45, 2.75) is 106 Å². The monoisotopic (exact) mass is 410 g/mol. The van der Waals surface area contributed by atoms with E-state index in [2.05, 4.69) is 83.1 Å². The molecule has 0 N–H and O–H groups in total. The van der Waals surface area contributed by atoms with Crippen LogP contribution in [0.15, 0.2) is 54.6 Å². The number of hydrogen-bond donors (Lipinski definition) is 0. The van der Waals surface area contributed by atoms with Gasteiger partial charge in [0.15, 0.2) is 0 Å². The van der Waals surface area contributed by atoms with Crippen LogP contribution in [0.4, 0.5) is 0 Å². The van der Waals surface area contributed by atoms with Gasteiger partial charge in [0.1, 0.15) is 0 Å². The molecule has 0 aliphatic heterocycles. The van der Waals surface area contributed by atoms with Crippen molar-refractivity contribution >= 4 is 0 Å². The maximum atomic E-state index is 2.45. The predicted molar refractivity (Wildman–Crippen MR) is 139 cm³/mol. The molecule has 1 aliphatic carbocycles. The second kappa shape index (κ2) is 19.4. The van der Waals surface area contributed by atoms with Crippen molar-refractivity contribution in [3.05, 3.63) is 60.2 Å². The molecule has 0 aromatic heterocycles. The first-order chi connectivity index (χ1) is 14.7. The average molecular weight is 411 g/mol. The van der Waals surface area contributed by atoms with E-state index in [4.69, 9.17) is 0 Å². The molecule has 0 saturated heterocycles. The normalized spacial score (nSPS) is 17.7. The van der Waals surface area contributed by atoms with E-state index >= 15 is 0 Å². The molecule has 0 spiro atoms. The topological polar surface area (TPSA) is 0 Å². The maximum absolute atomic E-state index is 2.45. The van der Waals surface area contributed by atoms with Crippen LogP contribution in [-0.4, -0.2) is 0 Å². The van der Waals surface area contributed by atoms with E-state index < -0.39 is 0 Å². The summed E-state index contributed by atoms with van der Waals surface area (Å²) in [6.45, 7) is 15.2. The zero-order valence-corrected chi connectivity index (χ0v) is 21.2. The lowest BCUT2D eigenvalue weighted by molar-refractivity contribution is 0.315. The number of hydrogen-bond acceptors (Lipinski definition) is 0. The quantitative estimate of drug-likeness (QED) is 0.440. The molecule has 0 heteroatoms. The third-order valence-corrected chi connectivity index (χ3v) is 5.67. The van der Waals surface area contributed by atoms with Crippen LogP contribution in [0, 0.1) is 11.8 Å². The van der Waals surface area contributed by atoms with E-state index in [-0.39, 0.29) is 0 Å². The van der Waals surface area contributed by atoms with Crippen molar-refractivity contribution in [2.24, 2.45) is 11.8 Å². The van der Waals surface area contributed by atoms with Gasteiger partial charge in [-0.1, -0.05) is 154 Å². The summed E-state index contributed by atoms with van der Waals surface area (Å²) in [4.78, 5) is 0. The standard InChI is InChI=1S/C14H14.C11H22.C3H8.C2H6/c1-2-12-8-10-14(11-9-12)13-6-4-3-5-7-13;1-3-7-11-9-6-4-5-8-10(11)2;1-3-2;1-2/h3-11H,2H2,1H3;10-11H,3-9H2,1-2H3;3H2,1-2H3;1-2H3. The molecule has 2 aromatic rings. The smallest absolute Gasteiger partial charge is 0.0184 e. The predicted octanol–water partition coefficient (Wildman–Crippen LogP) is 10.4. The molecule has 1 saturated carbocycles. The summed E-state index contributed by atoms with van der Waals surface area (Å²) < 4.78 is 0. The highest BCUT2D eigenvalue weighted by molar-refractivity contribution is 5.63. The Morgan fingerprint density at radius 1 is 0.700 bits per heavy atom. The van der Waals surface area contributed by atoms with Crippen molar-refractivity contribution < 1.29 is 0 Å². The van der Waals surface area contributed by atoms with E-state index in [1.165, 1.54) is 68.1 Å². The molecule has 30 heavy (non-hydrogen) atoms. The molecule has 2 aromatic carbocycles. The molecule has 170 valence electrons. The van der Waals surface area contributed by atoms with Crippen LogP contribution in [0.1, 0.15) is 105 Å². The Labute approximate surface area is 189 Å². The number of benzene rings is 2. The lowest BCUT2D eigenvalue weighted by Gasteiger charge is -2.20. The fourth-order valence-electron chi connectivity index (χ4n) is 3.93. The highest BCUT2D eigenvalue weighted by atomic mass is 14.2. The first-order valence-electron chi connectivity index (χ1n) is 12.8. The summed E-state index contributed by atoms with van der Waals surface area (Å²) in [5.74, 6) is 2.07. The van der Waals surface area contributed by atoms with Crippen LogP contribution >= 0.6 is 0 Å². The highest BCUT2D eigenvalue weighted by Gasteiger charge is 2.18. The average Bonchev–Trinajstić information content (AvgIpc) is 3.01. The number of aryl methyl sites for hydroxylation is 1. The van der Waals surface area contributed by atoms with Crippen LogP contribution in [0.5, 0.6) is 0 Å². The second-order valence-electron chi connectivity index (χ2n) is 8.29. The fraction of sp³-hybridized carbons (Fsp3) is 0.600. The lowest BCUT2D eigenvalue weighted by atomic mass is 9.86. The third-order valence-electron chi connectivity index (χ3n) is 5.67. The van der Waals surface area contributed by atoms with Crippen molar-refractivity contribution in [1.82, 2.24) is 0 Å². The molecule has 0 amide bonds. The Hall–Kier alpha value is -1.56. The van der Waals surface area contributed by atoms with Gasteiger partial charge in [0.2, 0.25) is 0 Å². The second-order valence-corrected chi connectivity index (χ2v) is 8.29. The SMILES string of the molecule is CC.CCC.CCCC1CCCCCC1C.CCc1ccc(-c2ccccc2)cc1. The van der Waals surface area contributed by atoms with Gasteiger partial charge < -0.3 is 0 Å². The summed E-state index contributed by atoms with van der Waals surface area (Å²) >= 11 is 0. The summed E-state index contributed by atoms with van der Waals surface area (Å²) in [7, 11) is 0. The van der Waals surface area contributed by atoms with Gasteiger partial charge in [-0.25, -0.2) is 0 Å². The zero-order chi connectivity index (χ0) is 22.6. The van der Waals surface area contributed by atoms with Gasteiger partial charge in [-0.05, 0) is 34.9 Å². The summed E-state index contributed by atoms with van der Waals surface area (Å²) in [5, 5.41) is 0. The first kappa shape index (κ1) is 28.4. The molecule has 3 rings (SSSR count). The van der Waals surface area contributed by atoms with Crippen LogP contribution in [0.2, 0.25) is 0 Å². The first-order valence-corrected chi connectivity index (χ1v) is 12.8. The van der Waals surface area contributed by atoms with E-state index in [1.54, 1.807) is 0 Å². The van der Waals surface area contributed by atoms with E-state index in [0.717, 1.165) is 18.3 Å². The fourth-order valence-corrected chi connectivity index (χ4v) is 3.93. The molecule has 2 atom stereocenters. The van der Waals surface area contributed by atoms with Crippen LogP contribution in [0.25, 0.3) is 11.1 Å². The van der Waals surface area contributed by atoms with Crippen LogP contribution in [0.3, 0.4) is 0 Å². The van der Waals surface area contributed by atoms with Gasteiger partial charge in [0.25, 0.3) is 0 Å². The van der Waals surface area contributed by atoms with Gasteiger partial charge in [-0.15, -0.1) is 0 Å². The Balaban J connectivity index is 0.000000472. The molecule has 0 bridgehead atoms. The third kappa shape index (κ3) is 12.2. The molecular formula is C30H50. The zero-order valence-electron chi connectivity index (χ0n) is 21.2. The molecule has 0 heterocycles. The van der Waals surface area contributed by atoms with Gasteiger partial charge in [-0.3, -0.25) is 0 Å². The minimum atomic E-state index is 1.01. The van der Waals surface area contributed by atoms with E-state index in [0.29, 0.717) is 0 Å². The molecule has 1 fully saturated rings. The highest BCUT2D eigenvalue weighted by Crippen LogP contribution is 2.31. The van der Waals surface area contributed by atoms with Crippen molar-refractivity contribution in [3.63, 3.8) is 0 Å².